The number of rotatable bonds is 3. The molecule has 0 radical (unpaired) electrons. The van der Waals surface area contributed by atoms with Gasteiger partial charge in [0, 0.05) is 5.92 Å². The van der Waals surface area contributed by atoms with E-state index in [1.807, 2.05) is 0 Å². The van der Waals surface area contributed by atoms with Crippen LogP contribution in [-0.2, 0) is 6.18 Å². The summed E-state index contributed by atoms with van der Waals surface area (Å²) in [5.41, 5.74) is -0.514. The van der Waals surface area contributed by atoms with Crippen molar-refractivity contribution < 1.29 is 22.8 Å². The Morgan fingerprint density at radius 3 is 2.48 bits per heavy atom. The van der Waals surface area contributed by atoms with Gasteiger partial charge in [0.1, 0.15) is 0 Å². The van der Waals surface area contributed by atoms with Crippen molar-refractivity contribution in [3.05, 3.63) is 53.3 Å². The van der Waals surface area contributed by atoms with E-state index in [4.69, 9.17) is 4.84 Å². The highest BCUT2D eigenvalue weighted by Gasteiger charge is 2.38. The second kappa shape index (κ2) is 4.91. The molecule has 0 spiro atoms. The number of hydrogen-bond donors (Lipinski definition) is 0. The first-order valence-electron chi connectivity index (χ1n) is 6.40. The summed E-state index contributed by atoms with van der Waals surface area (Å²) >= 11 is 0. The fourth-order valence-electron chi connectivity index (χ4n) is 1.95. The fourth-order valence-corrected chi connectivity index (χ4v) is 1.95. The zero-order valence-corrected chi connectivity index (χ0v) is 10.8. The molecule has 0 unspecified atom stereocenters. The van der Waals surface area contributed by atoms with Crippen molar-refractivity contribution in [2.24, 2.45) is 0 Å². The van der Waals surface area contributed by atoms with E-state index in [-0.39, 0.29) is 17.2 Å². The van der Waals surface area contributed by atoms with E-state index in [9.17, 15) is 18.0 Å². The van der Waals surface area contributed by atoms with Crippen LogP contribution in [0.4, 0.5) is 13.2 Å². The minimum atomic E-state index is -4.56. The maximum atomic E-state index is 12.7. The van der Waals surface area contributed by atoms with Gasteiger partial charge in [-0.05, 0) is 31.0 Å². The van der Waals surface area contributed by atoms with Gasteiger partial charge in [0.2, 0.25) is 0 Å². The molecule has 1 aliphatic carbocycles. The highest BCUT2D eigenvalue weighted by atomic mass is 19.4. The molecular weight excluding hydrogens is 285 g/mol. The van der Waals surface area contributed by atoms with Crippen molar-refractivity contribution >= 4 is 5.97 Å². The molecule has 110 valence electrons. The lowest BCUT2D eigenvalue weighted by molar-refractivity contribution is -0.142. The van der Waals surface area contributed by atoms with Gasteiger partial charge in [0.15, 0.2) is 5.69 Å². The van der Waals surface area contributed by atoms with E-state index in [0.29, 0.717) is 4.85 Å². The summed E-state index contributed by atoms with van der Waals surface area (Å²) in [5, 5.41) is 3.36. The van der Waals surface area contributed by atoms with E-state index < -0.39 is 17.8 Å². The molecule has 0 amide bonds. The average Bonchev–Trinajstić information content (AvgIpc) is 3.20. The number of carbonyl (C=O) groups excluding carboxylic acids is 1. The van der Waals surface area contributed by atoms with Crippen LogP contribution in [0.15, 0.2) is 36.4 Å². The number of alkyl halides is 3. The third-order valence-electron chi connectivity index (χ3n) is 3.17. The van der Waals surface area contributed by atoms with Crippen molar-refractivity contribution in [1.29, 1.82) is 0 Å². The summed E-state index contributed by atoms with van der Waals surface area (Å²) in [5.74, 6) is -0.772. The van der Waals surface area contributed by atoms with Gasteiger partial charge in [-0.1, -0.05) is 23.0 Å². The molecule has 0 N–H and O–H groups in total. The zero-order valence-electron chi connectivity index (χ0n) is 10.8. The molecule has 1 saturated carbocycles. The van der Waals surface area contributed by atoms with Crippen LogP contribution < -0.4 is 4.84 Å². The molecular formula is C14H11F3N2O2. The Kier molecular flexibility index (Phi) is 3.19. The predicted octanol–water partition coefficient (Wildman–Crippen LogP) is 3.05. The molecule has 4 nitrogen and oxygen atoms in total. The summed E-state index contributed by atoms with van der Waals surface area (Å²) in [6.07, 6.45) is -3.02. The standard InChI is InChI=1S/C14H11F3N2O2/c15-14(16,17)12-8-11(9-6-7-9)19(18-12)21-13(20)10-4-2-1-3-5-10/h1-5,8-9H,6-7H2. The SMILES string of the molecule is O=C(On1nc(C(F)(F)F)cc1C1CC1)c1ccccc1. The summed E-state index contributed by atoms with van der Waals surface area (Å²) in [7, 11) is 0. The van der Waals surface area contributed by atoms with Crippen molar-refractivity contribution in [3.63, 3.8) is 0 Å². The number of hydrogen-bond acceptors (Lipinski definition) is 3. The Balaban J connectivity index is 1.88. The van der Waals surface area contributed by atoms with Gasteiger partial charge >= 0.3 is 12.1 Å². The smallest absolute Gasteiger partial charge is 0.314 e. The van der Waals surface area contributed by atoms with E-state index in [1.165, 1.54) is 12.1 Å². The molecule has 1 heterocycles. The minimum absolute atomic E-state index is 0.0304. The quantitative estimate of drug-likeness (QED) is 0.874. The third-order valence-corrected chi connectivity index (χ3v) is 3.17. The lowest BCUT2D eigenvalue weighted by Gasteiger charge is -2.06. The molecule has 1 aliphatic rings. The predicted molar refractivity (Wildman–Crippen MR) is 66.6 cm³/mol. The monoisotopic (exact) mass is 296 g/mol. The molecule has 0 atom stereocenters. The lowest BCUT2D eigenvalue weighted by Crippen LogP contribution is -2.23. The van der Waals surface area contributed by atoms with E-state index >= 15 is 0 Å². The maximum Gasteiger partial charge on any atom is 0.435 e. The van der Waals surface area contributed by atoms with Crippen LogP contribution in [0, 0.1) is 0 Å². The Labute approximate surface area is 118 Å². The molecule has 0 bridgehead atoms. The molecule has 21 heavy (non-hydrogen) atoms. The number of carbonyl (C=O) groups is 1. The van der Waals surface area contributed by atoms with E-state index in [2.05, 4.69) is 5.10 Å². The number of nitrogens with zero attached hydrogens (tertiary/aromatic N) is 2. The number of aromatic nitrogens is 2. The number of benzene rings is 1. The molecule has 2 aromatic rings. The van der Waals surface area contributed by atoms with Crippen molar-refractivity contribution in [2.75, 3.05) is 0 Å². The highest BCUT2D eigenvalue weighted by Crippen LogP contribution is 2.41. The molecule has 1 fully saturated rings. The second-order valence-electron chi connectivity index (χ2n) is 4.84. The summed E-state index contributed by atoms with van der Waals surface area (Å²) in [6, 6.07) is 8.99. The van der Waals surface area contributed by atoms with Gasteiger partial charge in [-0.25, -0.2) is 4.79 Å². The molecule has 1 aromatic heterocycles. The zero-order chi connectivity index (χ0) is 15.0. The Bertz CT molecular complexity index is 661. The van der Waals surface area contributed by atoms with Gasteiger partial charge in [-0.3, -0.25) is 0 Å². The van der Waals surface area contributed by atoms with E-state index in [0.717, 1.165) is 18.9 Å². The first-order valence-corrected chi connectivity index (χ1v) is 6.40. The van der Waals surface area contributed by atoms with Crippen LogP contribution in [0.3, 0.4) is 0 Å². The third kappa shape index (κ3) is 2.91. The Morgan fingerprint density at radius 1 is 1.24 bits per heavy atom. The van der Waals surface area contributed by atoms with Crippen molar-refractivity contribution in [3.8, 4) is 0 Å². The molecule has 0 saturated heterocycles. The van der Waals surface area contributed by atoms with Crippen LogP contribution >= 0.6 is 0 Å². The van der Waals surface area contributed by atoms with Gasteiger partial charge in [-0.15, -0.1) is 5.10 Å². The maximum absolute atomic E-state index is 12.7. The van der Waals surface area contributed by atoms with Crippen LogP contribution in [-0.4, -0.2) is 15.9 Å². The molecule has 1 aromatic carbocycles. The van der Waals surface area contributed by atoms with Crippen molar-refractivity contribution in [1.82, 2.24) is 9.94 Å². The molecule has 7 heteroatoms. The van der Waals surface area contributed by atoms with E-state index in [1.54, 1.807) is 18.2 Å². The Hall–Kier alpha value is -2.31. The number of halogens is 3. The van der Waals surface area contributed by atoms with Crippen LogP contribution in [0.25, 0.3) is 0 Å². The van der Waals surface area contributed by atoms with Gasteiger partial charge in [0.05, 0.1) is 11.3 Å². The summed E-state index contributed by atoms with van der Waals surface area (Å²) in [6.45, 7) is 0. The molecule has 0 aliphatic heterocycles. The second-order valence-corrected chi connectivity index (χ2v) is 4.84. The summed E-state index contributed by atoms with van der Waals surface area (Å²) in [4.78, 5) is 17.6. The fraction of sp³-hybridized carbons (Fsp3) is 0.286. The largest absolute Gasteiger partial charge is 0.435 e. The first kappa shape index (κ1) is 13.7. The van der Waals surface area contributed by atoms with Gasteiger partial charge in [0.25, 0.3) is 0 Å². The minimum Gasteiger partial charge on any atom is -0.314 e. The highest BCUT2D eigenvalue weighted by molar-refractivity contribution is 5.89. The lowest BCUT2D eigenvalue weighted by atomic mass is 10.2. The average molecular weight is 296 g/mol. The summed E-state index contributed by atoms with van der Waals surface area (Å²) < 4.78 is 38.1. The van der Waals surface area contributed by atoms with Crippen LogP contribution in [0.2, 0.25) is 0 Å². The topological polar surface area (TPSA) is 44.1 Å². The Morgan fingerprint density at radius 2 is 1.90 bits per heavy atom. The van der Waals surface area contributed by atoms with Gasteiger partial charge in [-0.2, -0.15) is 13.2 Å². The van der Waals surface area contributed by atoms with Crippen LogP contribution in [0.5, 0.6) is 0 Å². The normalized spacial score (nSPS) is 15.0. The first-order chi connectivity index (χ1) is 9.95. The van der Waals surface area contributed by atoms with Crippen molar-refractivity contribution in [2.45, 2.75) is 24.9 Å². The molecule has 3 rings (SSSR count). The van der Waals surface area contributed by atoms with Gasteiger partial charge < -0.3 is 4.84 Å². The van der Waals surface area contributed by atoms with Crippen LogP contribution in [0.1, 0.15) is 40.5 Å².